The third kappa shape index (κ3) is 3.57. The number of amides is 1. The number of likely N-dealkylation sites (tertiary alicyclic amines) is 1. The van der Waals surface area contributed by atoms with E-state index in [9.17, 15) is 13.2 Å². The molecule has 126 valence electrons. The van der Waals surface area contributed by atoms with Gasteiger partial charge in [-0.1, -0.05) is 19.3 Å². The van der Waals surface area contributed by atoms with Gasteiger partial charge in [-0.2, -0.15) is 0 Å². The summed E-state index contributed by atoms with van der Waals surface area (Å²) in [7, 11) is -3.29. The maximum absolute atomic E-state index is 13.0. The summed E-state index contributed by atoms with van der Waals surface area (Å²) in [5.74, 6) is -0.0367. The van der Waals surface area contributed by atoms with E-state index < -0.39 is 15.1 Å². The second-order valence-electron chi connectivity index (χ2n) is 6.53. The predicted octanol–water partition coefficient (Wildman–Crippen LogP) is 2.49. The molecule has 0 aliphatic carbocycles. The number of carbonyl (C=O) groups is 1. The zero-order valence-electron chi connectivity index (χ0n) is 13.4. The van der Waals surface area contributed by atoms with Crippen LogP contribution in [0.1, 0.15) is 56.6 Å². The number of pyridine rings is 1. The maximum atomic E-state index is 13.0. The van der Waals surface area contributed by atoms with Crippen LogP contribution in [-0.2, 0) is 14.6 Å². The third-order valence-corrected chi connectivity index (χ3v) is 7.14. The van der Waals surface area contributed by atoms with Crippen LogP contribution in [0.15, 0.2) is 24.5 Å². The van der Waals surface area contributed by atoms with Crippen molar-refractivity contribution in [3.05, 3.63) is 30.1 Å². The average Bonchev–Trinajstić information content (AvgIpc) is 2.80. The molecule has 0 spiro atoms. The van der Waals surface area contributed by atoms with Gasteiger partial charge in [-0.15, -0.1) is 0 Å². The molecule has 0 saturated carbocycles. The summed E-state index contributed by atoms with van der Waals surface area (Å²) < 4.78 is 24.7. The lowest BCUT2D eigenvalue weighted by Crippen LogP contribution is -2.46. The van der Waals surface area contributed by atoms with Gasteiger partial charge >= 0.3 is 0 Å². The van der Waals surface area contributed by atoms with E-state index in [2.05, 4.69) is 4.98 Å². The van der Waals surface area contributed by atoms with E-state index in [0.717, 1.165) is 37.7 Å². The summed E-state index contributed by atoms with van der Waals surface area (Å²) in [6.07, 6.45) is 9.43. The zero-order valence-corrected chi connectivity index (χ0v) is 14.2. The minimum Gasteiger partial charge on any atom is -0.335 e. The Balaban J connectivity index is 1.89. The van der Waals surface area contributed by atoms with Crippen LogP contribution >= 0.6 is 0 Å². The van der Waals surface area contributed by atoms with E-state index in [-0.39, 0.29) is 17.7 Å². The third-order valence-electron chi connectivity index (χ3n) is 4.98. The Bertz CT molecular complexity index is 645. The first-order chi connectivity index (χ1) is 11.1. The summed E-state index contributed by atoms with van der Waals surface area (Å²) in [4.78, 5) is 18.9. The molecule has 0 radical (unpaired) electrons. The van der Waals surface area contributed by atoms with Gasteiger partial charge in [0.2, 0.25) is 5.91 Å². The molecule has 0 unspecified atom stereocenters. The minimum atomic E-state index is -3.29. The Labute approximate surface area is 138 Å². The molecule has 2 saturated heterocycles. The largest absolute Gasteiger partial charge is 0.335 e. The molecular formula is C17H24N2O3S. The van der Waals surface area contributed by atoms with Crippen molar-refractivity contribution in [2.45, 2.75) is 56.2 Å². The topological polar surface area (TPSA) is 67.3 Å². The number of nitrogens with zero attached hydrogens (tertiary/aromatic N) is 2. The maximum Gasteiger partial charge on any atom is 0.241 e. The van der Waals surface area contributed by atoms with Gasteiger partial charge in [-0.3, -0.25) is 9.78 Å². The second kappa shape index (κ2) is 6.99. The lowest BCUT2D eigenvalue weighted by molar-refractivity contribution is -0.133. The van der Waals surface area contributed by atoms with Gasteiger partial charge in [-0.25, -0.2) is 8.42 Å². The van der Waals surface area contributed by atoms with Gasteiger partial charge in [0.25, 0.3) is 0 Å². The Morgan fingerprint density at radius 1 is 1.04 bits per heavy atom. The SMILES string of the molecule is O=C([C@@H]1CCCCS1(=O)=O)N1CCCCC[C@H]1c1ccncc1. The molecule has 0 N–H and O–H groups in total. The number of hydrogen-bond acceptors (Lipinski definition) is 4. The van der Waals surface area contributed by atoms with Crippen molar-refractivity contribution in [3.8, 4) is 0 Å². The fraction of sp³-hybridized carbons (Fsp3) is 0.647. The van der Waals surface area contributed by atoms with E-state index in [0.29, 0.717) is 19.4 Å². The molecule has 2 fully saturated rings. The van der Waals surface area contributed by atoms with Gasteiger partial charge in [0.15, 0.2) is 9.84 Å². The first kappa shape index (κ1) is 16.4. The van der Waals surface area contributed by atoms with Crippen molar-refractivity contribution in [1.29, 1.82) is 0 Å². The lowest BCUT2D eigenvalue weighted by Gasteiger charge is -2.34. The van der Waals surface area contributed by atoms with E-state index in [4.69, 9.17) is 0 Å². The Morgan fingerprint density at radius 3 is 2.52 bits per heavy atom. The molecule has 5 nitrogen and oxygen atoms in total. The Kier molecular flexibility index (Phi) is 4.99. The van der Waals surface area contributed by atoms with Crippen LogP contribution in [0.4, 0.5) is 0 Å². The fourth-order valence-electron chi connectivity index (χ4n) is 3.72. The number of aromatic nitrogens is 1. The van der Waals surface area contributed by atoms with Crippen LogP contribution in [0.3, 0.4) is 0 Å². The molecule has 1 amide bonds. The van der Waals surface area contributed by atoms with Crippen molar-refractivity contribution in [1.82, 2.24) is 9.88 Å². The minimum absolute atomic E-state index is 0.0230. The highest BCUT2D eigenvalue weighted by atomic mass is 32.2. The lowest BCUT2D eigenvalue weighted by atomic mass is 10.0. The van der Waals surface area contributed by atoms with Crippen LogP contribution in [0.2, 0.25) is 0 Å². The standard InChI is InChI=1S/C17H24N2O3S/c20-17(16-7-3-5-13-23(16,21)22)19-12-4-1-2-6-15(19)14-8-10-18-11-9-14/h8-11,15-16H,1-7,12-13H2/t15-,16-/m0/s1. The average molecular weight is 336 g/mol. The summed E-state index contributed by atoms with van der Waals surface area (Å²) in [6.45, 7) is 0.651. The molecule has 1 aromatic rings. The number of rotatable bonds is 2. The first-order valence-corrected chi connectivity index (χ1v) is 10.2. The number of sulfone groups is 1. The van der Waals surface area contributed by atoms with Crippen LogP contribution in [-0.4, -0.2) is 41.8 Å². The van der Waals surface area contributed by atoms with Gasteiger partial charge < -0.3 is 4.90 Å². The van der Waals surface area contributed by atoms with Crippen molar-refractivity contribution >= 4 is 15.7 Å². The van der Waals surface area contributed by atoms with E-state index >= 15 is 0 Å². The van der Waals surface area contributed by atoms with Gasteiger partial charge in [0, 0.05) is 18.9 Å². The van der Waals surface area contributed by atoms with Gasteiger partial charge in [0.1, 0.15) is 5.25 Å². The molecule has 0 bridgehead atoms. The quantitative estimate of drug-likeness (QED) is 0.832. The fourth-order valence-corrected chi connectivity index (χ4v) is 5.58. The summed E-state index contributed by atoms with van der Waals surface area (Å²) >= 11 is 0. The van der Waals surface area contributed by atoms with Crippen molar-refractivity contribution < 1.29 is 13.2 Å². The Morgan fingerprint density at radius 2 is 1.78 bits per heavy atom. The number of hydrogen-bond donors (Lipinski definition) is 0. The molecule has 3 rings (SSSR count). The van der Waals surface area contributed by atoms with E-state index in [1.807, 2.05) is 17.0 Å². The van der Waals surface area contributed by atoms with E-state index in [1.165, 1.54) is 0 Å². The Hall–Kier alpha value is -1.43. The summed E-state index contributed by atoms with van der Waals surface area (Å²) in [5.41, 5.74) is 1.06. The normalized spacial score (nSPS) is 28.1. The van der Waals surface area contributed by atoms with Crippen molar-refractivity contribution in [3.63, 3.8) is 0 Å². The molecular weight excluding hydrogens is 312 g/mol. The molecule has 6 heteroatoms. The summed E-state index contributed by atoms with van der Waals surface area (Å²) in [6, 6.07) is 3.85. The summed E-state index contributed by atoms with van der Waals surface area (Å²) in [5, 5.41) is -0.835. The van der Waals surface area contributed by atoms with Crippen LogP contribution in [0, 0.1) is 0 Å². The molecule has 3 heterocycles. The molecule has 2 aliphatic rings. The smallest absolute Gasteiger partial charge is 0.241 e. The monoisotopic (exact) mass is 336 g/mol. The molecule has 2 aliphatic heterocycles. The van der Waals surface area contributed by atoms with Gasteiger partial charge in [0.05, 0.1) is 11.8 Å². The zero-order chi connectivity index (χ0) is 16.3. The first-order valence-electron chi connectivity index (χ1n) is 8.51. The highest BCUT2D eigenvalue weighted by molar-refractivity contribution is 7.92. The molecule has 23 heavy (non-hydrogen) atoms. The van der Waals surface area contributed by atoms with Crippen LogP contribution in [0.25, 0.3) is 0 Å². The van der Waals surface area contributed by atoms with Gasteiger partial charge in [-0.05, 0) is 43.4 Å². The molecule has 2 atom stereocenters. The highest BCUT2D eigenvalue weighted by Crippen LogP contribution is 2.32. The van der Waals surface area contributed by atoms with Crippen LogP contribution < -0.4 is 0 Å². The van der Waals surface area contributed by atoms with Crippen molar-refractivity contribution in [2.75, 3.05) is 12.3 Å². The number of carbonyl (C=O) groups excluding carboxylic acids is 1. The second-order valence-corrected chi connectivity index (χ2v) is 8.83. The van der Waals surface area contributed by atoms with Crippen LogP contribution in [0.5, 0.6) is 0 Å². The predicted molar refractivity (Wildman–Crippen MR) is 88.6 cm³/mol. The molecule has 0 aromatic carbocycles. The molecule has 1 aromatic heterocycles. The highest BCUT2D eigenvalue weighted by Gasteiger charge is 2.39. The van der Waals surface area contributed by atoms with E-state index in [1.54, 1.807) is 12.4 Å². The van der Waals surface area contributed by atoms with Crippen molar-refractivity contribution in [2.24, 2.45) is 0 Å².